The highest BCUT2D eigenvalue weighted by Crippen LogP contribution is 2.47. The number of amides is 1. The Kier molecular flexibility index (Phi) is 6.38. The Balaban J connectivity index is 1.52. The predicted molar refractivity (Wildman–Crippen MR) is 113 cm³/mol. The molecule has 0 bridgehead atoms. The number of benzene rings is 1. The Morgan fingerprint density at radius 3 is 2.53 bits per heavy atom. The minimum atomic E-state index is -4.49. The number of ether oxygens (including phenoxy) is 1. The van der Waals surface area contributed by atoms with E-state index in [1.807, 2.05) is 13.8 Å². The molecule has 2 aliphatic heterocycles. The number of carbonyl (C=O) groups is 2. The highest BCUT2D eigenvalue weighted by Gasteiger charge is 2.50. The van der Waals surface area contributed by atoms with Gasteiger partial charge in [0.2, 0.25) is 5.91 Å². The second kappa shape index (κ2) is 8.78. The largest absolute Gasteiger partial charge is 0.416 e. The summed E-state index contributed by atoms with van der Waals surface area (Å²) < 4.78 is 45.0. The van der Waals surface area contributed by atoms with Crippen LogP contribution in [0, 0.1) is 11.3 Å². The molecular weight excluding hydrogens is 421 g/mol. The van der Waals surface area contributed by atoms with Crippen LogP contribution in [0.2, 0.25) is 0 Å². The standard InChI is InChI=1S/C24H31F3N2O3/c1-15(2)23(8-5-19(12-23)28-18-6-9-32-10-7-18)22(31)29-13-16-11-17(24(25,26)27)3-4-20(16)21(30)14-29/h3-4,11,15,18-19,28H,5-10,12-14H2,1-2H3. The molecule has 5 nitrogen and oxygen atoms in total. The lowest BCUT2D eigenvalue weighted by Crippen LogP contribution is -2.50. The Morgan fingerprint density at radius 1 is 1.16 bits per heavy atom. The lowest BCUT2D eigenvalue weighted by atomic mass is 9.73. The van der Waals surface area contributed by atoms with Crippen LogP contribution < -0.4 is 5.32 Å². The molecule has 2 unspecified atom stereocenters. The normalized spacial score (nSPS) is 27.1. The molecule has 32 heavy (non-hydrogen) atoms. The van der Waals surface area contributed by atoms with E-state index >= 15 is 0 Å². The third-order valence-electron chi connectivity index (χ3n) is 7.49. The van der Waals surface area contributed by atoms with Crippen LogP contribution in [0.3, 0.4) is 0 Å². The van der Waals surface area contributed by atoms with Crippen molar-refractivity contribution in [2.75, 3.05) is 19.8 Å². The van der Waals surface area contributed by atoms with Gasteiger partial charge in [-0.25, -0.2) is 0 Å². The Morgan fingerprint density at radius 2 is 1.88 bits per heavy atom. The van der Waals surface area contributed by atoms with Crippen molar-refractivity contribution in [3.63, 3.8) is 0 Å². The van der Waals surface area contributed by atoms with Crippen molar-refractivity contribution >= 4 is 11.7 Å². The quantitative estimate of drug-likeness (QED) is 0.744. The van der Waals surface area contributed by atoms with E-state index in [4.69, 9.17) is 4.74 Å². The van der Waals surface area contributed by atoms with Gasteiger partial charge in [0, 0.05) is 37.4 Å². The molecule has 1 saturated heterocycles. The van der Waals surface area contributed by atoms with Gasteiger partial charge in [-0.1, -0.05) is 19.9 Å². The summed E-state index contributed by atoms with van der Waals surface area (Å²) in [5.74, 6) is -0.350. The van der Waals surface area contributed by atoms with Crippen molar-refractivity contribution in [1.29, 1.82) is 0 Å². The summed E-state index contributed by atoms with van der Waals surface area (Å²) >= 11 is 0. The van der Waals surface area contributed by atoms with Gasteiger partial charge in [0.1, 0.15) is 0 Å². The Hall–Kier alpha value is -1.93. The highest BCUT2D eigenvalue weighted by molar-refractivity contribution is 6.02. The fourth-order valence-corrected chi connectivity index (χ4v) is 5.53. The number of halogens is 3. The first-order valence-electron chi connectivity index (χ1n) is 11.5. The molecule has 1 amide bonds. The van der Waals surface area contributed by atoms with Crippen LogP contribution in [0.1, 0.15) is 67.4 Å². The number of fused-ring (bicyclic) bond motifs is 1. The summed E-state index contributed by atoms with van der Waals surface area (Å²) in [4.78, 5) is 27.9. The first kappa shape index (κ1) is 23.2. The number of nitrogens with one attached hydrogen (secondary N) is 1. The summed E-state index contributed by atoms with van der Waals surface area (Å²) in [6.45, 7) is 5.49. The van der Waals surface area contributed by atoms with Crippen molar-refractivity contribution in [2.24, 2.45) is 11.3 Å². The molecule has 0 aromatic heterocycles. The van der Waals surface area contributed by atoms with Gasteiger partial charge in [0.15, 0.2) is 5.78 Å². The second-order valence-electron chi connectivity index (χ2n) is 9.76. The van der Waals surface area contributed by atoms with Crippen molar-refractivity contribution in [3.8, 4) is 0 Å². The maximum absolute atomic E-state index is 13.7. The van der Waals surface area contributed by atoms with Crippen LogP contribution in [0.25, 0.3) is 0 Å². The average Bonchev–Trinajstić information content (AvgIpc) is 3.18. The van der Waals surface area contributed by atoms with Gasteiger partial charge < -0.3 is 15.0 Å². The number of hydrogen-bond donors (Lipinski definition) is 1. The van der Waals surface area contributed by atoms with Gasteiger partial charge in [-0.05, 0) is 55.7 Å². The van der Waals surface area contributed by atoms with E-state index in [1.165, 1.54) is 11.0 Å². The summed E-state index contributed by atoms with van der Waals surface area (Å²) in [6.07, 6.45) is -0.308. The van der Waals surface area contributed by atoms with Crippen LogP contribution in [-0.4, -0.2) is 48.4 Å². The monoisotopic (exact) mass is 452 g/mol. The minimum absolute atomic E-state index is 0.0381. The number of ketones is 1. The molecule has 1 saturated carbocycles. The molecule has 1 N–H and O–H groups in total. The predicted octanol–water partition coefficient (Wildman–Crippen LogP) is 4.19. The molecule has 1 aliphatic carbocycles. The number of rotatable bonds is 4. The molecule has 2 fully saturated rings. The Labute approximate surface area is 186 Å². The molecule has 176 valence electrons. The summed E-state index contributed by atoms with van der Waals surface area (Å²) in [7, 11) is 0. The van der Waals surface area contributed by atoms with Gasteiger partial charge in [-0.3, -0.25) is 9.59 Å². The van der Waals surface area contributed by atoms with E-state index in [0.29, 0.717) is 18.9 Å². The lowest BCUT2D eigenvalue weighted by molar-refractivity contribution is -0.145. The second-order valence-corrected chi connectivity index (χ2v) is 9.76. The molecule has 2 atom stereocenters. The van der Waals surface area contributed by atoms with Gasteiger partial charge >= 0.3 is 6.18 Å². The molecular formula is C24H31F3N2O3. The number of hydrogen-bond acceptors (Lipinski definition) is 4. The van der Waals surface area contributed by atoms with E-state index in [2.05, 4.69) is 5.32 Å². The Bertz CT molecular complexity index is 880. The molecule has 2 heterocycles. The van der Waals surface area contributed by atoms with E-state index in [0.717, 1.165) is 44.6 Å². The van der Waals surface area contributed by atoms with Crippen LogP contribution in [0.4, 0.5) is 13.2 Å². The van der Waals surface area contributed by atoms with E-state index in [-0.39, 0.29) is 47.9 Å². The third-order valence-corrected chi connectivity index (χ3v) is 7.49. The number of nitrogens with zero attached hydrogens (tertiary/aromatic N) is 1. The van der Waals surface area contributed by atoms with Crippen LogP contribution in [0.15, 0.2) is 18.2 Å². The zero-order valence-corrected chi connectivity index (χ0v) is 18.6. The van der Waals surface area contributed by atoms with Crippen LogP contribution >= 0.6 is 0 Å². The van der Waals surface area contributed by atoms with E-state index < -0.39 is 17.2 Å². The maximum atomic E-state index is 13.7. The fraction of sp³-hybridized carbons (Fsp3) is 0.667. The smallest absolute Gasteiger partial charge is 0.381 e. The van der Waals surface area contributed by atoms with Gasteiger partial charge in [0.25, 0.3) is 0 Å². The zero-order valence-electron chi connectivity index (χ0n) is 18.6. The van der Waals surface area contributed by atoms with E-state index in [1.54, 1.807) is 0 Å². The molecule has 0 radical (unpaired) electrons. The molecule has 0 spiro atoms. The molecule has 3 aliphatic rings. The van der Waals surface area contributed by atoms with Crippen molar-refractivity contribution in [1.82, 2.24) is 10.2 Å². The van der Waals surface area contributed by atoms with Gasteiger partial charge in [0.05, 0.1) is 17.5 Å². The summed E-state index contributed by atoms with van der Waals surface area (Å²) in [5, 5.41) is 3.69. The molecule has 8 heteroatoms. The van der Waals surface area contributed by atoms with E-state index in [9.17, 15) is 22.8 Å². The summed E-state index contributed by atoms with van der Waals surface area (Å²) in [5.41, 5.74) is -0.842. The molecule has 1 aromatic carbocycles. The van der Waals surface area contributed by atoms with Crippen molar-refractivity contribution < 1.29 is 27.5 Å². The third kappa shape index (κ3) is 4.44. The van der Waals surface area contributed by atoms with Gasteiger partial charge in [-0.2, -0.15) is 13.2 Å². The topological polar surface area (TPSA) is 58.6 Å². The number of Topliss-reactive ketones (excluding diaryl/α,β-unsaturated/α-hetero) is 1. The first-order valence-corrected chi connectivity index (χ1v) is 11.5. The lowest BCUT2D eigenvalue weighted by Gasteiger charge is -2.39. The zero-order chi connectivity index (χ0) is 23.1. The van der Waals surface area contributed by atoms with Crippen molar-refractivity contribution in [2.45, 2.75) is 70.8 Å². The van der Waals surface area contributed by atoms with Gasteiger partial charge in [-0.15, -0.1) is 0 Å². The molecule has 1 aromatic rings. The number of alkyl halides is 3. The van der Waals surface area contributed by atoms with Crippen LogP contribution in [0.5, 0.6) is 0 Å². The fourth-order valence-electron chi connectivity index (χ4n) is 5.53. The average molecular weight is 453 g/mol. The first-order chi connectivity index (χ1) is 15.1. The summed E-state index contributed by atoms with van der Waals surface area (Å²) in [6, 6.07) is 3.79. The maximum Gasteiger partial charge on any atom is 0.416 e. The minimum Gasteiger partial charge on any atom is -0.381 e. The van der Waals surface area contributed by atoms with Crippen LogP contribution in [-0.2, 0) is 22.3 Å². The molecule has 4 rings (SSSR count). The highest BCUT2D eigenvalue weighted by atomic mass is 19.4. The number of carbonyl (C=O) groups excluding carboxylic acids is 2. The SMILES string of the molecule is CC(C)C1(C(=O)N2CC(=O)c3ccc(C(F)(F)F)cc3C2)CCC(NC2CCOCC2)C1. The van der Waals surface area contributed by atoms with Crippen molar-refractivity contribution in [3.05, 3.63) is 34.9 Å².